The Kier molecular flexibility index (Phi) is 4.10. The van der Waals surface area contributed by atoms with Crippen LogP contribution in [0.15, 0.2) is 12.1 Å². The zero-order valence-corrected chi connectivity index (χ0v) is 10.5. The number of nitrogens with one attached hydrogen (secondary N) is 1. The molecule has 1 aliphatic rings. The Morgan fingerprint density at radius 3 is 2.94 bits per heavy atom. The van der Waals surface area contributed by atoms with Crippen LogP contribution < -0.4 is 14.8 Å². The second kappa shape index (κ2) is 5.58. The summed E-state index contributed by atoms with van der Waals surface area (Å²) in [6, 6.07) is 3.51. The van der Waals surface area contributed by atoms with E-state index in [0.717, 1.165) is 12.0 Å². The largest absolute Gasteiger partial charge is 0.489 e. The smallest absolute Gasteiger partial charge is 0.179 e. The molecule has 1 aliphatic heterocycles. The first-order valence-electron chi connectivity index (χ1n) is 5.64. The van der Waals surface area contributed by atoms with Gasteiger partial charge in [0.15, 0.2) is 11.5 Å². The minimum Gasteiger partial charge on any atom is -0.489 e. The van der Waals surface area contributed by atoms with Crippen LogP contribution in [-0.2, 0) is 0 Å². The molecule has 0 spiro atoms. The third kappa shape index (κ3) is 2.83. The molecule has 1 aromatic carbocycles. The van der Waals surface area contributed by atoms with Crippen LogP contribution in [0.1, 0.15) is 18.1 Å². The summed E-state index contributed by atoms with van der Waals surface area (Å²) in [6.45, 7) is 1.68. The molecule has 2 N–H and O–H groups in total. The van der Waals surface area contributed by atoms with Gasteiger partial charge in [0.05, 0.1) is 24.3 Å². The molecule has 0 radical (unpaired) electrons. The number of hydrogen-bond acceptors (Lipinski definition) is 4. The van der Waals surface area contributed by atoms with Crippen molar-refractivity contribution in [3.05, 3.63) is 22.7 Å². The van der Waals surface area contributed by atoms with Gasteiger partial charge in [-0.15, -0.1) is 0 Å². The quantitative estimate of drug-likeness (QED) is 0.866. The number of aliphatic hydroxyl groups excluding tert-OH is 1. The Morgan fingerprint density at radius 2 is 2.18 bits per heavy atom. The molecule has 0 amide bonds. The molecular formula is C12H16ClNO3. The van der Waals surface area contributed by atoms with Gasteiger partial charge in [0.25, 0.3) is 0 Å². The van der Waals surface area contributed by atoms with Gasteiger partial charge in [0.2, 0.25) is 0 Å². The van der Waals surface area contributed by atoms with Crippen molar-refractivity contribution in [2.24, 2.45) is 0 Å². The van der Waals surface area contributed by atoms with Gasteiger partial charge in [0.1, 0.15) is 0 Å². The number of fused-ring (bicyclic) bond motifs is 1. The maximum absolute atomic E-state index is 9.90. The monoisotopic (exact) mass is 257 g/mol. The van der Waals surface area contributed by atoms with Crippen molar-refractivity contribution in [3.63, 3.8) is 0 Å². The first-order valence-corrected chi connectivity index (χ1v) is 6.02. The number of ether oxygens (including phenoxy) is 2. The standard InChI is InChI=1S/C12H16ClNO3/c1-14-7-10(15)8-5-9(13)12-11(6-8)16-3-2-4-17-12/h5-6,10,14-15H,2-4,7H2,1H3. The Morgan fingerprint density at radius 1 is 1.41 bits per heavy atom. The van der Waals surface area contributed by atoms with Crippen LogP contribution in [0.3, 0.4) is 0 Å². The van der Waals surface area contributed by atoms with Gasteiger partial charge in [0, 0.05) is 13.0 Å². The van der Waals surface area contributed by atoms with Crippen LogP contribution in [0.25, 0.3) is 0 Å². The lowest BCUT2D eigenvalue weighted by molar-refractivity contribution is 0.177. The molecule has 1 heterocycles. The molecule has 1 atom stereocenters. The van der Waals surface area contributed by atoms with Crippen LogP contribution in [-0.4, -0.2) is 31.9 Å². The average molecular weight is 258 g/mol. The zero-order valence-electron chi connectivity index (χ0n) is 9.70. The molecule has 0 fully saturated rings. The van der Waals surface area contributed by atoms with Gasteiger partial charge in [-0.1, -0.05) is 11.6 Å². The predicted octanol–water partition coefficient (Wildman–Crippen LogP) is 1.75. The summed E-state index contributed by atoms with van der Waals surface area (Å²) in [4.78, 5) is 0. The highest BCUT2D eigenvalue weighted by Crippen LogP contribution is 2.39. The SMILES string of the molecule is CNCC(O)c1cc(Cl)c2c(c1)OCCCO2. The summed E-state index contributed by atoms with van der Waals surface area (Å²) in [5, 5.41) is 13.3. The van der Waals surface area contributed by atoms with Crippen molar-refractivity contribution in [3.8, 4) is 11.5 Å². The number of halogens is 1. The molecule has 0 saturated carbocycles. The predicted molar refractivity (Wildman–Crippen MR) is 65.9 cm³/mol. The summed E-state index contributed by atoms with van der Waals surface area (Å²) < 4.78 is 11.1. The molecule has 1 aromatic rings. The normalized spacial score (nSPS) is 16.4. The number of aliphatic hydroxyl groups is 1. The van der Waals surface area contributed by atoms with E-state index in [1.54, 1.807) is 19.2 Å². The Balaban J connectivity index is 2.31. The highest BCUT2D eigenvalue weighted by atomic mass is 35.5. The molecule has 0 bridgehead atoms. The number of rotatable bonds is 3. The topological polar surface area (TPSA) is 50.7 Å². The second-order valence-corrected chi connectivity index (χ2v) is 4.36. The zero-order chi connectivity index (χ0) is 12.3. The lowest BCUT2D eigenvalue weighted by atomic mass is 10.1. The molecule has 5 heteroatoms. The third-order valence-electron chi connectivity index (χ3n) is 2.61. The van der Waals surface area contributed by atoms with Crippen LogP contribution in [0.5, 0.6) is 11.5 Å². The lowest BCUT2D eigenvalue weighted by Gasteiger charge is -2.15. The van der Waals surface area contributed by atoms with Crippen LogP contribution >= 0.6 is 11.6 Å². The van der Waals surface area contributed by atoms with E-state index < -0.39 is 6.10 Å². The molecule has 17 heavy (non-hydrogen) atoms. The Hall–Kier alpha value is -0.970. The van der Waals surface area contributed by atoms with E-state index in [-0.39, 0.29) is 0 Å². The van der Waals surface area contributed by atoms with Crippen LogP contribution in [0.4, 0.5) is 0 Å². The summed E-state index contributed by atoms with van der Waals surface area (Å²) in [5.41, 5.74) is 0.730. The molecular weight excluding hydrogens is 242 g/mol. The maximum Gasteiger partial charge on any atom is 0.179 e. The minimum atomic E-state index is -0.602. The van der Waals surface area contributed by atoms with Gasteiger partial charge in [-0.05, 0) is 24.7 Å². The fourth-order valence-electron chi connectivity index (χ4n) is 1.75. The van der Waals surface area contributed by atoms with E-state index in [0.29, 0.717) is 36.3 Å². The molecule has 94 valence electrons. The molecule has 4 nitrogen and oxygen atoms in total. The minimum absolute atomic E-state index is 0.468. The fourth-order valence-corrected chi connectivity index (χ4v) is 2.03. The second-order valence-electron chi connectivity index (χ2n) is 3.95. The summed E-state index contributed by atoms with van der Waals surface area (Å²) in [6.07, 6.45) is 0.231. The van der Waals surface area contributed by atoms with E-state index in [9.17, 15) is 5.11 Å². The first-order chi connectivity index (χ1) is 8.22. The van der Waals surface area contributed by atoms with Crippen LogP contribution in [0, 0.1) is 0 Å². The summed E-state index contributed by atoms with van der Waals surface area (Å²) in [7, 11) is 1.79. The van der Waals surface area contributed by atoms with E-state index in [1.807, 2.05) is 0 Å². The summed E-state index contributed by atoms with van der Waals surface area (Å²) in [5.74, 6) is 1.18. The third-order valence-corrected chi connectivity index (χ3v) is 2.89. The molecule has 2 rings (SSSR count). The average Bonchev–Trinajstić information content (AvgIpc) is 2.54. The van der Waals surface area contributed by atoms with Crippen molar-refractivity contribution in [1.29, 1.82) is 0 Å². The van der Waals surface area contributed by atoms with Crippen molar-refractivity contribution >= 4 is 11.6 Å². The van der Waals surface area contributed by atoms with Crippen LogP contribution in [0.2, 0.25) is 5.02 Å². The van der Waals surface area contributed by atoms with E-state index in [4.69, 9.17) is 21.1 Å². The first kappa shape index (κ1) is 12.5. The highest BCUT2D eigenvalue weighted by Gasteiger charge is 2.18. The van der Waals surface area contributed by atoms with Gasteiger partial charge < -0.3 is 19.9 Å². The molecule has 0 aromatic heterocycles. The van der Waals surface area contributed by atoms with E-state index in [2.05, 4.69) is 5.32 Å². The number of likely N-dealkylation sites (N-methyl/N-ethyl adjacent to an activating group) is 1. The molecule has 1 unspecified atom stereocenters. The summed E-state index contributed by atoms with van der Waals surface area (Å²) >= 11 is 6.13. The van der Waals surface area contributed by atoms with Crippen molar-refractivity contribution in [1.82, 2.24) is 5.32 Å². The van der Waals surface area contributed by atoms with Crippen molar-refractivity contribution in [2.45, 2.75) is 12.5 Å². The Labute approximate surface area is 105 Å². The van der Waals surface area contributed by atoms with Gasteiger partial charge in [-0.25, -0.2) is 0 Å². The lowest BCUT2D eigenvalue weighted by Crippen LogP contribution is -2.16. The van der Waals surface area contributed by atoms with E-state index >= 15 is 0 Å². The molecule has 0 saturated heterocycles. The van der Waals surface area contributed by atoms with Gasteiger partial charge >= 0.3 is 0 Å². The van der Waals surface area contributed by atoms with Gasteiger partial charge in [-0.3, -0.25) is 0 Å². The molecule has 0 aliphatic carbocycles. The fraction of sp³-hybridized carbons (Fsp3) is 0.500. The van der Waals surface area contributed by atoms with Crippen molar-refractivity contribution < 1.29 is 14.6 Å². The van der Waals surface area contributed by atoms with Gasteiger partial charge in [-0.2, -0.15) is 0 Å². The number of hydrogen-bond donors (Lipinski definition) is 2. The van der Waals surface area contributed by atoms with Crippen molar-refractivity contribution in [2.75, 3.05) is 26.8 Å². The number of benzene rings is 1. The van der Waals surface area contributed by atoms with E-state index in [1.165, 1.54) is 0 Å². The Bertz CT molecular complexity index is 398. The maximum atomic E-state index is 9.90. The highest BCUT2D eigenvalue weighted by molar-refractivity contribution is 6.32.